The number of ether oxygens (including phenoxy) is 1. The Morgan fingerprint density at radius 2 is 2.27 bits per heavy atom. The van der Waals surface area contributed by atoms with Gasteiger partial charge in [0.1, 0.15) is 18.1 Å². The van der Waals surface area contributed by atoms with Crippen molar-refractivity contribution in [2.45, 2.75) is 13.5 Å². The van der Waals surface area contributed by atoms with Crippen LogP contribution in [-0.2, 0) is 6.61 Å². The van der Waals surface area contributed by atoms with E-state index in [0.717, 1.165) is 22.6 Å². The molecule has 2 aromatic rings. The van der Waals surface area contributed by atoms with Gasteiger partial charge >= 0.3 is 0 Å². The van der Waals surface area contributed by atoms with Crippen molar-refractivity contribution in [3.63, 3.8) is 0 Å². The first-order valence-electron chi connectivity index (χ1n) is 4.74. The summed E-state index contributed by atoms with van der Waals surface area (Å²) in [5.74, 6) is 1.51. The van der Waals surface area contributed by atoms with Gasteiger partial charge in [0.15, 0.2) is 5.75 Å². The predicted octanol–water partition coefficient (Wildman–Crippen LogP) is 2.12. The maximum absolute atomic E-state index is 5.82. The number of hydrogen-bond donors (Lipinski definition) is 1. The molecule has 1 aliphatic rings. The fraction of sp³-hybridized carbons (Fsp3) is 0.182. The Morgan fingerprint density at radius 3 is 3.13 bits per heavy atom. The van der Waals surface area contributed by atoms with E-state index in [1.807, 2.05) is 25.1 Å². The molecule has 1 aliphatic heterocycles. The average molecular weight is 202 g/mol. The van der Waals surface area contributed by atoms with Crippen LogP contribution in [-0.4, -0.2) is 5.16 Å². The number of nitrogens with zero attached hydrogens (tertiary/aromatic N) is 1. The largest absolute Gasteiger partial charge is 0.486 e. The molecule has 0 saturated heterocycles. The lowest BCUT2D eigenvalue weighted by Gasteiger charge is -2.17. The van der Waals surface area contributed by atoms with Gasteiger partial charge in [0, 0.05) is 5.56 Å². The van der Waals surface area contributed by atoms with Crippen LogP contribution in [0, 0.1) is 6.92 Å². The summed E-state index contributed by atoms with van der Waals surface area (Å²) in [6.45, 7) is 2.36. The molecule has 15 heavy (non-hydrogen) atoms. The van der Waals surface area contributed by atoms with E-state index in [9.17, 15) is 0 Å². The molecule has 76 valence electrons. The van der Waals surface area contributed by atoms with Gasteiger partial charge < -0.3 is 15.0 Å². The van der Waals surface area contributed by atoms with Crippen molar-refractivity contribution in [3.8, 4) is 17.0 Å². The topological polar surface area (TPSA) is 61.3 Å². The van der Waals surface area contributed by atoms with Gasteiger partial charge in [-0.2, -0.15) is 0 Å². The van der Waals surface area contributed by atoms with Crippen LogP contribution in [0.1, 0.15) is 11.3 Å². The molecule has 1 aromatic heterocycles. The second-order valence-corrected chi connectivity index (χ2v) is 3.58. The van der Waals surface area contributed by atoms with Gasteiger partial charge in [-0.25, -0.2) is 0 Å². The minimum Gasteiger partial charge on any atom is -0.486 e. The Labute approximate surface area is 86.6 Å². The maximum atomic E-state index is 5.82. The number of fused-ring (bicyclic) bond motifs is 3. The van der Waals surface area contributed by atoms with E-state index >= 15 is 0 Å². The normalized spacial score (nSPS) is 12.9. The quantitative estimate of drug-likeness (QED) is 0.665. The van der Waals surface area contributed by atoms with E-state index in [-0.39, 0.29) is 0 Å². The third-order valence-electron chi connectivity index (χ3n) is 2.65. The molecule has 4 heteroatoms. The van der Waals surface area contributed by atoms with E-state index in [0.29, 0.717) is 18.0 Å². The first kappa shape index (κ1) is 8.35. The summed E-state index contributed by atoms with van der Waals surface area (Å²) in [6.07, 6.45) is 0. The standard InChI is InChI=1S/C11H10N2O2/c1-6-8-5-14-11-7(10(8)13-15-6)3-2-4-9(11)12/h2-4H,5,12H2,1H3. The number of nitrogen functional groups attached to an aromatic ring is 1. The first-order chi connectivity index (χ1) is 7.27. The summed E-state index contributed by atoms with van der Waals surface area (Å²) >= 11 is 0. The van der Waals surface area contributed by atoms with Gasteiger partial charge in [-0.3, -0.25) is 0 Å². The number of aromatic nitrogens is 1. The van der Waals surface area contributed by atoms with E-state index < -0.39 is 0 Å². The summed E-state index contributed by atoms with van der Waals surface area (Å²) in [6, 6.07) is 5.64. The van der Waals surface area contributed by atoms with Crippen LogP contribution in [0.3, 0.4) is 0 Å². The Balaban J connectivity index is 2.30. The lowest BCUT2D eigenvalue weighted by molar-refractivity contribution is 0.301. The number of para-hydroxylation sites is 1. The van der Waals surface area contributed by atoms with Crippen LogP contribution in [0.4, 0.5) is 5.69 Å². The highest BCUT2D eigenvalue weighted by Gasteiger charge is 2.24. The molecule has 0 fully saturated rings. The summed E-state index contributed by atoms with van der Waals surface area (Å²) in [7, 11) is 0. The Morgan fingerprint density at radius 1 is 1.40 bits per heavy atom. The molecule has 1 aromatic carbocycles. The predicted molar refractivity (Wildman–Crippen MR) is 55.4 cm³/mol. The van der Waals surface area contributed by atoms with Crippen molar-refractivity contribution in [1.29, 1.82) is 0 Å². The second-order valence-electron chi connectivity index (χ2n) is 3.58. The zero-order valence-corrected chi connectivity index (χ0v) is 8.28. The zero-order valence-electron chi connectivity index (χ0n) is 8.28. The van der Waals surface area contributed by atoms with Crippen molar-refractivity contribution in [1.82, 2.24) is 5.16 Å². The smallest absolute Gasteiger partial charge is 0.152 e. The SMILES string of the molecule is Cc1onc2c1COc1c(N)cccc1-2. The van der Waals surface area contributed by atoms with E-state index in [1.54, 1.807) is 0 Å². The van der Waals surface area contributed by atoms with Gasteiger partial charge in [-0.15, -0.1) is 0 Å². The van der Waals surface area contributed by atoms with Crippen LogP contribution in [0.15, 0.2) is 22.7 Å². The molecule has 0 spiro atoms. The Hall–Kier alpha value is -1.97. The second kappa shape index (κ2) is 2.76. The van der Waals surface area contributed by atoms with Crippen LogP contribution >= 0.6 is 0 Å². The number of anilines is 1. The monoisotopic (exact) mass is 202 g/mol. The molecular formula is C11H10N2O2. The third-order valence-corrected chi connectivity index (χ3v) is 2.65. The lowest BCUT2D eigenvalue weighted by Crippen LogP contribution is -2.07. The average Bonchev–Trinajstić information content (AvgIpc) is 2.61. The van der Waals surface area contributed by atoms with Gasteiger partial charge in [0.05, 0.1) is 11.3 Å². The lowest BCUT2D eigenvalue weighted by atomic mass is 10.0. The molecule has 0 unspecified atom stereocenters. The first-order valence-corrected chi connectivity index (χ1v) is 4.74. The number of aryl methyl sites for hydroxylation is 1. The van der Waals surface area contributed by atoms with E-state index in [4.69, 9.17) is 15.0 Å². The molecule has 2 N–H and O–H groups in total. The number of hydrogen-bond acceptors (Lipinski definition) is 4. The molecule has 0 saturated carbocycles. The highest BCUT2D eigenvalue weighted by Crippen LogP contribution is 2.41. The van der Waals surface area contributed by atoms with Crippen LogP contribution in [0.25, 0.3) is 11.3 Å². The summed E-state index contributed by atoms with van der Waals surface area (Å²) in [4.78, 5) is 0. The summed E-state index contributed by atoms with van der Waals surface area (Å²) in [5.41, 5.74) is 9.23. The highest BCUT2D eigenvalue weighted by atomic mass is 16.5. The Kier molecular flexibility index (Phi) is 1.54. The van der Waals surface area contributed by atoms with Crippen molar-refractivity contribution in [2.75, 3.05) is 5.73 Å². The van der Waals surface area contributed by atoms with E-state index in [1.165, 1.54) is 0 Å². The molecule has 0 aliphatic carbocycles. The van der Waals surface area contributed by atoms with Crippen molar-refractivity contribution in [2.24, 2.45) is 0 Å². The molecule has 0 bridgehead atoms. The van der Waals surface area contributed by atoms with Crippen molar-refractivity contribution >= 4 is 5.69 Å². The molecule has 2 heterocycles. The van der Waals surface area contributed by atoms with Gasteiger partial charge in [0.2, 0.25) is 0 Å². The maximum Gasteiger partial charge on any atom is 0.152 e. The van der Waals surface area contributed by atoms with Gasteiger partial charge in [-0.05, 0) is 19.1 Å². The van der Waals surface area contributed by atoms with Gasteiger partial charge in [-0.1, -0.05) is 11.2 Å². The summed E-state index contributed by atoms with van der Waals surface area (Å²) < 4.78 is 10.7. The number of nitrogens with two attached hydrogens (primary N) is 1. The molecule has 0 atom stereocenters. The Bertz CT molecular complexity index is 531. The fourth-order valence-corrected chi connectivity index (χ4v) is 1.82. The van der Waals surface area contributed by atoms with Crippen LogP contribution in [0.2, 0.25) is 0 Å². The third kappa shape index (κ3) is 1.05. The zero-order chi connectivity index (χ0) is 10.4. The molecule has 0 amide bonds. The van der Waals surface area contributed by atoms with Crippen LogP contribution < -0.4 is 10.5 Å². The molecule has 0 radical (unpaired) electrons. The van der Waals surface area contributed by atoms with E-state index in [2.05, 4.69) is 5.16 Å². The number of rotatable bonds is 0. The molecular weight excluding hydrogens is 192 g/mol. The van der Waals surface area contributed by atoms with Crippen molar-refractivity contribution < 1.29 is 9.26 Å². The summed E-state index contributed by atoms with van der Waals surface area (Å²) in [5, 5.41) is 4.03. The molecule has 3 rings (SSSR count). The minimum absolute atomic E-state index is 0.478. The molecule has 4 nitrogen and oxygen atoms in total. The fourth-order valence-electron chi connectivity index (χ4n) is 1.82. The highest BCUT2D eigenvalue weighted by molar-refractivity contribution is 5.78. The number of benzene rings is 1. The van der Waals surface area contributed by atoms with Gasteiger partial charge in [0.25, 0.3) is 0 Å². The van der Waals surface area contributed by atoms with Crippen molar-refractivity contribution in [3.05, 3.63) is 29.5 Å². The van der Waals surface area contributed by atoms with Crippen LogP contribution in [0.5, 0.6) is 5.75 Å². The minimum atomic E-state index is 0.478.